The third kappa shape index (κ3) is 3.44. The van der Waals surface area contributed by atoms with E-state index < -0.39 is 0 Å². The number of hydrogen-bond acceptors (Lipinski definition) is 2. The predicted molar refractivity (Wildman–Crippen MR) is 71.6 cm³/mol. The number of hydrogen-bond donors (Lipinski definition) is 1. The Bertz CT molecular complexity index is 255. The number of rotatable bonds is 4. The summed E-state index contributed by atoms with van der Waals surface area (Å²) < 4.78 is 0. The van der Waals surface area contributed by atoms with E-state index in [-0.39, 0.29) is 17.9 Å². The highest BCUT2D eigenvalue weighted by Crippen LogP contribution is 2.28. The highest BCUT2D eigenvalue weighted by Gasteiger charge is 2.31. The molecule has 1 rings (SSSR count). The van der Waals surface area contributed by atoms with Crippen LogP contribution < -0.4 is 5.73 Å². The first kappa shape index (κ1) is 14.5. The van der Waals surface area contributed by atoms with E-state index in [9.17, 15) is 4.79 Å². The summed E-state index contributed by atoms with van der Waals surface area (Å²) in [6, 6.07) is 0.0606. The number of amides is 1. The molecule has 0 saturated heterocycles. The molecule has 17 heavy (non-hydrogen) atoms. The molecule has 1 saturated carbocycles. The third-order valence-electron chi connectivity index (χ3n) is 4.45. The van der Waals surface area contributed by atoms with Gasteiger partial charge in [-0.3, -0.25) is 4.79 Å². The molecule has 3 unspecified atom stereocenters. The molecule has 0 bridgehead atoms. The zero-order valence-corrected chi connectivity index (χ0v) is 11.8. The molecular formula is C14H28N2O. The lowest BCUT2D eigenvalue weighted by Gasteiger charge is -2.38. The van der Waals surface area contributed by atoms with Gasteiger partial charge in [-0.2, -0.15) is 0 Å². The maximum atomic E-state index is 12.3. The molecule has 1 aliphatic carbocycles. The standard InChI is InChI=1S/C14H28N2O/c1-5-10(2)13(15)14(17)16(4)12-9-7-6-8-11(12)3/h10-13H,5-9,15H2,1-4H3/t10?,11?,12?,13-/m0/s1. The summed E-state index contributed by atoms with van der Waals surface area (Å²) >= 11 is 0. The summed E-state index contributed by atoms with van der Waals surface area (Å²) in [6.45, 7) is 6.39. The van der Waals surface area contributed by atoms with Crippen LogP contribution in [0.25, 0.3) is 0 Å². The largest absolute Gasteiger partial charge is 0.341 e. The lowest BCUT2D eigenvalue weighted by Crippen LogP contribution is -2.51. The minimum atomic E-state index is -0.334. The predicted octanol–water partition coefficient (Wildman–Crippen LogP) is 2.40. The topological polar surface area (TPSA) is 46.3 Å². The Balaban J connectivity index is 2.61. The van der Waals surface area contributed by atoms with Gasteiger partial charge in [0.1, 0.15) is 0 Å². The van der Waals surface area contributed by atoms with Gasteiger partial charge in [-0.15, -0.1) is 0 Å². The Morgan fingerprint density at radius 1 is 1.41 bits per heavy atom. The molecule has 100 valence electrons. The van der Waals surface area contributed by atoms with Crippen molar-refractivity contribution in [3.05, 3.63) is 0 Å². The number of likely N-dealkylation sites (N-methyl/N-ethyl adjacent to an activating group) is 1. The highest BCUT2D eigenvalue weighted by molar-refractivity contribution is 5.82. The number of nitrogens with zero attached hydrogens (tertiary/aromatic N) is 1. The van der Waals surface area contributed by atoms with Gasteiger partial charge in [0.25, 0.3) is 0 Å². The van der Waals surface area contributed by atoms with Crippen LogP contribution in [0.5, 0.6) is 0 Å². The maximum absolute atomic E-state index is 12.3. The van der Waals surface area contributed by atoms with E-state index in [1.807, 2.05) is 11.9 Å². The Hall–Kier alpha value is -0.570. The van der Waals surface area contributed by atoms with Gasteiger partial charge in [-0.25, -0.2) is 0 Å². The highest BCUT2D eigenvalue weighted by atomic mass is 16.2. The molecule has 1 fully saturated rings. The minimum absolute atomic E-state index is 0.123. The Morgan fingerprint density at radius 3 is 2.53 bits per heavy atom. The first-order valence-corrected chi connectivity index (χ1v) is 7.01. The Labute approximate surface area is 106 Å². The fourth-order valence-corrected chi connectivity index (χ4v) is 2.77. The first-order chi connectivity index (χ1) is 7.99. The third-order valence-corrected chi connectivity index (χ3v) is 4.45. The minimum Gasteiger partial charge on any atom is -0.341 e. The summed E-state index contributed by atoms with van der Waals surface area (Å²) in [7, 11) is 1.93. The zero-order valence-electron chi connectivity index (χ0n) is 11.8. The van der Waals surface area contributed by atoms with Crippen LogP contribution in [0.3, 0.4) is 0 Å². The molecule has 4 atom stereocenters. The molecule has 0 aromatic carbocycles. The van der Waals surface area contributed by atoms with Crippen molar-refractivity contribution in [3.8, 4) is 0 Å². The van der Waals surface area contributed by atoms with Gasteiger partial charge in [0.05, 0.1) is 6.04 Å². The molecule has 3 heteroatoms. The van der Waals surface area contributed by atoms with Gasteiger partial charge in [-0.1, -0.05) is 40.0 Å². The summed E-state index contributed by atoms with van der Waals surface area (Å²) in [4.78, 5) is 14.2. The van der Waals surface area contributed by atoms with Crippen LogP contribution in [0.1, 0.15) is 52.9 Å². The molecule has 0 aliphatic heterocycles. The lowest BCUT2D eigenvalue weighted by molar-refractivity contribution is -0.136. The Morgan fingerprint density at radius 2 is 2.00 bits per heavy atom. The average Bonchev–Trinajstić information content (AvgIpc) is 2.35. The van der Waals surface area contributed by atoms with E-state index >= 15 is 0 Å². The molecule has 0 aromatic rings. The number of carbonyl (C=O) groups is 1. The number of nitrogens with two attached hydrogens (primary N) is 1. The molecule has 0 spiro atoms. The van der Waals surface area contributed by atoms with Crippen LogP contribution in [-0.2, 0) is 4.79 Å². The van der Waals surface area contributed by atoms with Crippen LogP contribution in [0.15, 0.2) is 0 Å². The van der Waals surface area contributed by atoms with Crippen molar-refractivity contribution in [2.75, 3.05) is 7.05 Å². The molecule has 1 amide bonds. The van der Waals surface area contributed by atoms with E-state index in [1.165, 1.54) is 19.3 Å². The maximum Gasteiger partial charge on any atom is 0.239 e. The van der Waals surface area contributed by atoms with E-state index in [2.05, 4.69) is 20.8 Å². The summed E-state index contributed by atoms with van der Waals surface area (Å²) in [6.07, 6.45) is 5.88. The smallest absolute Gasteiger partial charge is 0.239 e. The van der Waals surface area contributed by atoms with Crippen molar-refractivity contribution in [2.24, 2.45) is 17.6 Å². The second kappa shape index (κ2) is 6.39. The quantitative estimate of drug-likeness (QED) is 0.820. The van der Waals surface area contributed by atoms with E-state index in [4.69, 9.17) is 5.73 Å². The van der Waals surface area contributed by atoms with Crippen molar-refractivity contribution in [2.45, 2.75) is 65.0 Å². The van der Waals surface area contributed by atoms with Gasteiger partial charge in [0.15, 0.2) is 0 Å². The van der Waals surface area contributed by atoms with Gasteiger partial charge >= 0.3 is 0 Å². The van der Waals surface area contributed by atoms with Crippen molar-refractivity contribution in [3.63, 3.8) is 0 Å². The summed E-state index contributed by atoms with van der Waals surface area (Å²) in [5, 5.41) is 0. The van der Waals surface area contributed by atoms with Gasteiger partial charge < -0.3 is 10.6 Å². The van der Waals surface area contributed by atoms with Crippen LogP contribution in [0.4, 0.5) is 0 Å². The van der Waals surface area contributed by atoms with Gasteiger partial charge in [-0.05, 0) is 24.7 Å². The molecule has 2 N–H and O–H groups in total. The average molecular weight is 240 g/mol. The Kier molecular flexibility index (Phi) is 5.44. The molecule has 3 nitrogen and oxygen atoms in total. The molecular weight excluding hydrogens is 212 g/mol. The SMILES string of the molecule is CCC(C)[C@H](N)C(=O)N(C)C1CCCCC1C. The van der Waals surface area contributed by atoms with Gasteiger partial charge in [0.2, 0.25) is 5.91 Å². The van der Waals surface area contributed by atoms with E-state index in [0.29, 0.717) is 12.0 Å². The zero-order chi connectivity index (χ0) is 13.0. The first-order valence-electron chi connectivity index (χ1n) is 7.01. The van der Waals surface area contributed by atoms with Crippen molar-refractivity contribution in [1.82, 2.24) is 4.90 Å². The van der Waals surface area contributed by atoms with Crippen LogP contribution >= 0.6 is 0 Å². The molecule has 0 radical (unpaired) electrons. The van der Waals surface area contributed by atoms with Crippen LogP contribution in [-0.4, -0.2) is 29.9 Å². The molecule has 0 heterocycles. The van der Waals surface area contributed by atoms with E-state index in [0.717, 1.165) is 12.8 Å². The van der Waals surface area contributed by atoms with Crippen molar-refractivity contribution < 1.29 is 4.79 Å². The van der Waals surface area contributed by atoms with Gasteiger partial charge in [0, 0.05) is 13.1 Å². The molecule has 1 aliphatic rings. The normalized spacial score (nSPS) is 28.5. The summed E-state index contributed by atoms with van der Waals surface area (Å²) in [5.74, 6) is 1.00. The lowest BCUT2D eigenvalue weighted by atomic mass is 9.84. The monoisotopic (exact) mass is 240 g/mol. The fraction of sp³-hybridized carbons (Fsp3) is 0.929. The van der Waals surface area contributed by atoms with Crippen molar-refractivity contribution >= 4 is 5.91 Å². The molecule has 0 aromatic heterocycles. The second-order valence-corrected chi connectivity index (χ2v) is 5.69. The fourth-order valence-electron chi connectivity index (χ4n) is 2.77. The van der Waals surface area contributed by atoms with Crippen LogP contribution in [0.2, 0.25) is 0 Å². The summed E-state index contributed by atoms with van der Waals surface area (Å²) in [5.41, 5.74) is 6.03. The van der Waals surface area contributed by atoms with Crippen LogP contribution in [0, 0.1) is 11.8 Å². The number of carbonyl (C=O) groups excluding carboxylic acids is 1. The van der Waals surface area contributed by atoms with E-state index in [1.54, 1.807) is 0 Å². The van der Waals surface area contributed by atoms with Crippen molar-refractivity contribution in [1.29, 1.82) is 0 Å². The second-order valence-electron chi connectivity index (χ2n) is 5.69.